The fraction of sp³-hybridized carbons (Fsp3) is 0.550. The Morgan fingerprint density at radius 2 is 2.11 bits per heavy atom. The number of rotatable bonds is 5. The van der Waals surface area contributed by atoms with Gasteiger partial charge >= 0.3 is 0 Å². The molecule has 0 aromatic heterocycles. The van der Waals surface area contributed by atoms with Crippen LogP contribution in [0.1, 0.15) is 47.2 Å². The molecule has 1 aromatic rings. The van der Waals surface area contributed by atoms with E-state index >= 15 is 0 Å². The highest BCUT2D eigenvalue weighted by Crippen LogP contribution is 2.30. The van der Waals surface area contributed by atoms with Crippen LogP contribution in [0.15, 0.2) is 18.2 Å². The van der Waals surface area contributed by atoms with E-state index in [1.807, 2.05) is 18.2 Å². The van der Waals surface area contributed by atoms with Crippen molar-refractivity contribution >= 4 is 17.7 Å². The van der Waals surface area contributed by atoms with Crippen LogP contribution in [0.2, 0.25) is 0 Å². The van der Waals surface area contributed by atoms with Crippen molar-refractivity contribution in [2.45, 2.75) is 57.0 Å². The lowest BCUT2D eigenvalue weighted by molar-refractivity contribution is -0.136. The first kappa shape index (κ1) is 19.0. The molecule has 8 heteroatoms. The van der Waals surface area contributed by atoms with E-state index in [1.165, 1.54) is 0 Å². The van der Waals surface area contributed by atoms with Gasteiger partial charge in [0.25, 0.3) is 5.91 Å². The molecule has 8 nitrogen and oxygen atoms in total. The number of piperidine rings is 1. The normalized spacial score (nSPS) is 27.7. The summed E-state index contributed by atoms with van der Waals surface area (Å²) in [5.41, 5.74) is 8.40. The molecule has 4 rings (SSSR count). The van der Waals surface area contributed by atoms with Crippen LogP contribution in [0.4, 0.5) is 0 Å². The predicted octanol–water partition coefficient (Wildman–Crippen LogP) is 0.0435. The maximum Gasteiger partial charge on any atom is 0.255 e. The largest absolute Gasteiger partial charge is 0.377 e. The molecule has 2 fully saturated rings. The van der Waals surface area contributed by atoms with Gasteiger partial charge in [-0.3, -0.25) is 19.7 Å². The molecule has 28 heavy (non-hydrogen) atoms. The summed E-state index contributed by atoms with van der Waals surface area (Å²) in [6.07, 6.45) is 2.55. The van der Waals surface area contributed by atoms with E-state index < -0.39 is 6.04 Å². The van der Waals surface area contributed by atoms with Crippen molar-refractivity contribution in [3.05, 3.63) is 34.9 Å². The highest BCUT2D eigenvalue weighted by molar-refractivity contribution is 6.05. The van der Waals surface area contributed by atoms with E-state index in [0.29, 0.717) is 44.3 Å². The zero-order valence-electron chi connectivity index (χ0n) is 15.8. The number of benzene rings is 1. The zero-order chi connectivity index (χ0) is 19.7. The quantitative estimate of drug-likeness (QED) is 0.616. The van der Waals surface area contributed by atoms with Gasteiger partial charge < -0.3 is 20.7 Å². The average molecular weight is 386 g/mol. The SMILES string of the molecule is NC[C@@H]1C[C@@H](NCc2cccc3c2CN(C2CCC(=O)NC2=O)C3=O)CCO1. The zero-order valence-corrected chi connectivity index (χ0v) is 15.8. The van der Waals surface area contributed by atoms with Crippen LogP contribution in [0.25, 0.3) is 0 Å². The van der Waals surface area contributed by atoms with Crippen LogP contribution in [0, 0.1) is 0 Å². The molecule has 1 aromatic carbocycles. The smallest absolute Gasteiger partial charge is 0.255 e. The second-order valence-electron chi connectivity index (χ2n) is 7.67. The number of nitrogens with one attached hydrogen (secondary N) is 2. The van der Waals surface area contributed by atoms with E-state index in [1.54, 1.807) is 4.90 Å². The van der Waals surface area contributed by atoms with E-state index in [0.717, 1.165) is 24.0 Å². The maximum absolute atomic E-state index is 12.9. The molecule has 3 atom stereocenters. The van der Waals surface area contributed by atoms with Gasteiger partial charge in [0.1, 0.15) is 6.04 Å². The summed E-state index contributed by atoms with van der Waals surface area (Å²) in [5, 5.41) is 5.91. The number of nitrogens with zero attached hydrogens (tertiary/aromatic N) is 1. The summed E-state index contributed by atoms with van der Waals surface area (Å²) in [4.78, 5) is 38.1. The van der Waals surface area contributed by atoms with Crippen LogP contribution in [-0.4, -0.2) is 54.0 Å². The van der Waals surface area contributed by atoms with Crippen molar-refractivity contribution in [3.63, 3.8) is 0 Å². The number of amides is 3. The Morgan fingerprint density at radius 3 is 2.89 bits per heavy atom. The molecule has 2 saturated heterocycles. The lowest BCUT2D eigenvalue weighted by Gasteiger charge is -2.30. The molecule has 0 spiro atoms. The van der Waals surface area contributed by atoms with E-state index in [-0.39, 0.29) is 30.2 Å². The van der Waals surface area contributed by atoms with Crippen molar-refractivity contribution < 1.29 is 19.1 Å². The Labute approximate surface area is 163 Å². The average Bonchev–Trinajstić information content (AvgIpc) is 3.04. The van der Waals surface area contributed by atoms with Gasteiger partial charge in [-0.25, -0.2) is 0 Å². The molecule has 3 aliphatic heterocycles. The minimum absolute atomic E-state index is 0.0948. The van der Waals surface area contributed by atoms with Gasteiger partial charge in [-0.15, -0.1) is 0 Å². The molecular formula is C20H26N4O4. The summed E-state index contributed by atoms with van der Waals surface area (Å²) in [7, 11) is 0. The van der Waals surface area contributed by atoms with Gasteiger partial charge in [-0.05, 0) is 36.5 Å². The molecule has 0 radical (unpaired) electrons. The molecule has 0 saturated carbocycles. The maximum atomic E-state index is 12.9. The number of carbonyl (C=O) groups excluding carboxylic acids is 3. The van der Waals surface area contributed by atoms with Gasteiger partial charge in [0.05, 0.1) is 6.10 Å². The molecule has 3 aliphatic rings. The summed E-state index contributed by atoms with van der Waals surface area (Å²) >= 11 is 0. The number of imide groups is 1. The Hall–Kier alpha value is -2.29. The molecule has 3 amide bonds. The topological polar surface area (TPSA) is 114 Å². The van der Waals surface area contributed by atoms with E-state index in [4.69, 9.17) is 10.5 Å². The second-order valence-corrected chi connectivity index (χ2v) is 7.67. The van der Waals surface area contributed by atoms with Crippen molar-refractivity contribution in [2.24, 2.45) is 5.73 Å². The van der Waals surface area contributed by atoms with Crippen LogP contribution in [0.3, 0.4) is 0 Å². The van der Waals surface area contributed by atoms with Crippen LogP contribution in [-0.2, 0) is 27.4 Å². The third-order valence-corrected chi connectivity index (χ3v) is 5.89. The van der Waals surface area contributed by atoms with Crippen molar-refractivity contribution in [1.29, 1.82) is 0 Å². The number of ether oxygens (including phenoxy) is 1. The highest BCUT2D eigenvalue weighted by Gasteiger charge is 2.39. The molecule has 0 bridgehead atoms. The molecule has 150 valence electrons. The molecule has 4 N–H and O–H groups in total. The Balaban J connectivity index is 1.45. The summed E-state index contributed by atoms with van der Waals surface area (Å²) in [5.74, 6) is -0.796. The monoisotopic (exact) mass is 386 g/mol. The standard InChI is InChI=1S/C20H26N4O4/c21-9-14-8-13(6-7-28-14)22-10-12-2-1-3-15-16(12)11-24(20(15)27)17-4-5-18(25)23-19(17)26/h1-3,13-14,17,22H,4-11,21H2,(H,23,25,26)/t13-,14-,17?/m0/s1. The van der Waals surface area contributed by atoms with Gasteiger partial charge in [0, 0.05) is 44.3 Å². The minimum atomic E-state index is -0.584. The van der Waals surface area contributed by atoms with Crippen LogP contribution >= 0.6 is 0 Å². The molecule has 3 heterocycles. The highest BCUT2D eigenvalue weighted by atomic mass is 16.5. The molecular weight excluding hydrogens is 360 g/mol. The molecule has 1 unspecified atom stereocenters. The third-order valence-electron chi connectivity index (χ3n) is 5.89. The predicted molar refractivity (Wildman–Crippen MR) is 101 cm³/mol. The molecule has 0 aliphatic carbocycles. The summed E-state index contributed by atoms with van der Waals surface area (Å²) in [6.45, 7) is 2.28. The fourth-order valence-electron chi connectivity index (χ4n) is 4.30. The fourth-order valence-corrected chi connectivity index (χ4v) is 4.30. The first-order chi connectivity index (χ1) is 13.6. The Bertz CT molecular complexity index is 796. The lowest BCUT2D eigenvalue weighted by atomic mass is 10.0. The number of fused-ring (bicyclic) bond motifs is 1. The lowest BCUT2D eigenvalue weighted by Crippen LogP contribution is -2.52. The number of carbonyl (C=O) groups is 3. The van der Waals surface area contributed by atoms with Crippen molar-refractivity contribution in [1.82, 2.24) is 15.5 Å². The van der Waals surface area contributed by atoms with Crippen molar-refractivity contribution in [3.8, 4) is 0 Å². The van der Waals surface area contributed by atoms with E-state index in [9.17, 15) is 14.4 Å². The van der Waals surface area contributed by atoms with Crippen LogP contribution < -0.4 is 16.4 Å². The Kier molecular flexibility index (Phi) is 5.43. The van der Waals surface area contributed by atoms with Gasteiger partial charge in [0.2, 0.25) is 11.8 Å². The number of hydrogen-bond acceptors (Lipinski definition) is 6. The first-order valence-electron chi connectivity index (χ1n) is 9.87. The van der Waals surface area contributed by atoms with Gasteiger partial charge in [0.15, 0.2) is 0 Å². The summed E-state index contributed by atoms with van der Waals surface area (Å²) < 4.78 is 5.62. The number of hydrogen-bond donors (Lipinski definition) is 3. The van der Waals surface area contributed by atoms with Crippen LogP contribution in [0.5, 0.6) is 0 Å². The van der Waals surface area contributed by atoms with Gasteiger partial charge in [-0.1, -0.05) is 12.1 Å². The van der Waals surface area contributed by atoms with Crippen molar-refractivity contribution in [2.75, 3.05) is 13.2 Å². The Morgan fingerprint density at radius 1 is 1.25 bits per heavy atom. The van der Waals surface area contributed by atoms with Gasteiger partial charge in [-0.2, -0.15) is 0 Å². The minimum Gasteiger partial charge on any atom is -0.377 e. The first-order valence-corrected chi connectivity index (χ1v) is 9.87. The van der Waals surface area contributed by atoms with E-state index in [2.05, 4.69) is 10.6 Å². The third kappa shape index (κ3) is 3.67. The number of nitrogens with two attached hydrogens (primary N) is 1. The summed E-state index contributed by atoms with van der Waals surface area (Å²) in [6, 6.07) is 5.47. The second kappa shape index (κ2) is 7.98.